The minimum absolute atomic E-state index is 0.0308. The molecule has 2 heterocycles. The molecule has 1 aliphatic heterocycles. The van der Waals surface area contributed by atoms with E-state index in [4.69, 9.17) is 4.74 Å². The lowest BCUT2D eigenvalue weighted by atomic mass is 10.1. The Hall–Kier alpha value is -2.07. The third-order valence-corrected chi connectivity index (χ3v) is 4.43. The highest BCUT2D eigenvalue weighted by molar-refractivity contribution is 5.45. The van der Waals surface area contributed by atoms with Crippen molar-refractivity contribution in [2.45, 2.75) is 45.4 Å². The summed E-state index contributed by atoms with van der Waals surface area (Å²) in [6.07, 6.45) is 2.30. The van der Waals surface area contributed by atoms with Crippen LogP contribution in [0.25, 0.3) is 0 Å². The molecule has 1 aromatic heterocycles. The molecule has 2 aromatic rings. The van der Waals surface area contributed by atoms with Crippen LogP contribution in [-0.2, 0) is 11.3 Å². The molecule has 1 aromatic carbocycles. The first-order valence-corrected chi connectivity index (χ1v) is 8.28. The predicted octanol–water partition coefficient (Wildman–Crippen LogP) is 3.51. The van der Waals surface area contributed by atoms with Crippen LogP contribution in [0.15, 0.2) is 47.3 Å². The van der Waals surface area contributed by atoms with Crippen LogP contribution in [0.2, 0.25) is 0 Å². The number of benzene rings is 1. The van der Waals surface area contributed by atoms with E-state index in [0.717, 1.165) is 30.8 Å². The molecular formula is C19H24N2O2. The summed E-state index contributed by atoms with van der Waals surface area (Å²) in [5.41, 5.74) is 3.07. The maximum atomic E-state index is 12.4. The second-order valence-corrected chi connectivity index (χ2v) is 6.25. The summed E-state index contributed by atoms with van der Waals surface area (Å²) in [5.74, 6) is 0. The predicted molar refractivity (Wildman–Crippen MR) is 92.9 cm³/mol. The van der Waals surface area contributed by atoms with Crippen molar-refractivity contribution in [1.82, 2.24) is 4.57 Å². The molecule has 122 valence electrons. The van der Waals surface area contributed by atoms with Crippen LogP contribution in [0.1, 0.15) is 37.1 Å². The standard InChI is InChI=1S/C19H24N2O2/c1-14-11-17(20-15(2)16-7-4-3-5-8-16)12-19(22)21(14)13-18-9-6-10-23-18/h3-5,7-8,11-12,15,18,20H,6,9-10,13H2,1-2H3. The second-order valence-electron chi connectivity index (χ2n) is 6.25. The second kappa shape index (κ2) is 7.01. The summed E-state index contributed by atoms with van der Waals surface area (Å²) in [6.45, 7) is 5.54. The number of aryl methyl sites for hydroxylation is 1. The zero-order chi connectivity index (χ0) is 16.2. The number of hydrogen-bond acceptors (Lipinski definition) is 3. The lowest BCUT2D eigenvalue weighted by Gasteiger charge is -2.19. The fraction of sp³-hybridized carbons (Fsp3) is 0.421. The van der Waals surface area contributed by atoms with Gasteiger partial charge in [0.1, 0.15) is 0 Å². The molecule has 4 heteroatoms. The van der Waals surface area contributed by atoms with Gasteiger partial charge in [-0.25, -0.2) is 0 Å². The van der Waals surface area contributed by atoms with Crippen molar-refractivity contribution < 1.29 is 4.74 Å². The number of hydrogen-bond donors (Lipinski definition) is 1. The van der Waals surface area contributed by atoms with Crippen LogP contribution in [0.5, 0.6) is 0 Å². The molecule has 0 spiro atoms. The molecule has 0 amide bonds. The molecule has 1 fully saturated rings. The monoisotopic (exact) mass is 312 g/mol. The minimum atomic E-state index is 0.0308. The fourth-order valence-electron chi connectivity index (χ4n) is 3.11. The van der Waals surface area contributed by atoms with Crippen molar-refractivity contribution in [3.8, 4) is 0 Å². The first-order chi connectivity index (χ1) is 11.1. The normalized spacial score (nSPS) is 18.8. The van der Waals surface area contributed by atoms with E-state index in [1.807, 2.05) is 35.8 Å². The van der Waals surface area contributed by atoms with Gasteiger partial charge >= 0.3 is 0 Å². The van der Waals surface area contributed by atoms with Gasteiger partial charge in [0, 0.05) is 30.1 Å². The van der Waals surface area contributed by atoms with Crippen LogP contribution < -0.4 is 10.9 Å². The molecule has 0 aliphatic carbocycles. The molecule has 1 aliphatic rings. The van der Waals surface area contributed by atoms with Gasteiger partial charge in [-0.15, -0.1) is 0 Å². The van der Waals surface area contributed by atoms with Crippen molar-refractivity contribution >= 4 is 5.69 Å². The largest absolute Gasteiger partial charge is 0.378 e. The van der Waals surface area contributed by atoms with E-state index in [2.05, 4.69) is 24.4 Å². The smallest absolute Gasteiger partial charge is 0.252 e. The van der Waals surface area contributed by atoms with Crippen LogP contribution in [0, 0.1) is 6.92 Å². The Morgan fingerprint density at radius 2 is 2.09 bits per heavy atom. The Labute approximate surface area is 137 Å². The lowest BCUT2D eigenvalue weighted by Crippen LogP contribution is -2.28. The number of nitrogens with zero attached hydrogens (tertiary/aromatic N) is 1. The van der Waals surface area contributed by atoms with E-state index >= 15 is 0 Å². The van der Waals surface area contributed by atoms with Crippen molar-refractivity contribution in [2.24, 2.45) is 0 Å². The van der Waals surface area contributed by atoms with Crippen LogP contribution in [0.4, 0.5) is 5.69 Å². The van der Waals surface area contributed by atoms with Gasteiger partial charge in [0.25, 0.3) is 5.56 Å². The molecule has 4 nitrogen and oxygen atoms in total. The maximum Gasteiger partial charge on any atom is 0.252 e. The molecule has 0 radical (unpaired) electrons. The molecule has 1 saturated heterocycles. The van der Waals surface area contributed by atoms with Gasteiger partial charge in [0.15, 0.2) is 0 Å². The molecule has 0 saturated carbocycles. The number of pyridine rings is 1. The molecular weight excluding hydrogens is 288 g/mol. The Bertz CT molecular complexity index is 703. The van der Waals surface area contributed by atoms with E-state index < -0.39 is 0 Å². The van der Waals surface area contributed by atoms with E-state index in [0.29, 0.717) is 6.54 Å². The zero-order valence-corrected chi connectivity index (χ0v) is 13.8. The quantitative estimate of drug-likeness (QED) is 0.919. The van der Waals surface area contributed by atoms with Crippen molar-refractivity contribution in [3.05, 3.63) is 64.1 Å². The summed E-state index contributed by atoms with van der Waals surface area (Å²) in [7, 11) is 0. The number of aromatic nitrogens is 1. The highest BCUT2D eigenvalue weighted by atomic mass is 16.5. The third kappa shape index (κ3) is 3.82. The third-order valence-electron chi connectivity index (χ3n) is 4.43. The number of anilines is 1. The summed E-state index contributed by atoms with van der Waals surface area (Å²) >= 11 is 0. The van der Waals surface area contributed by atoms with Crippen molar-refractivity contribution in [2.75, 3.05) is 11.9 Å². The Balaban J connectivity index is 1.75. The zero-order valence-electron chi connectivity index (χ0n) is 13.8. The van der Waals surface area contributed by atoms with Gasteiger partial charge in [-0.3, -0.25) is 4.79 Å². The maximum absolute atomic E-state index is 12.4. The molecule has 2 atom stereocenters. The van der Waals surface area contributed by atoms with Crippen molar-refractivity contribution in [1.29, 1.82) is 0 Å². The first kappa shape index (κ1) is 15.8. The van der Waals surface area contributed by atoms with Crippen LogP contribution >= 0.6 is 0 Å². The van der Waals surface area contributed by atoms with E-state index in [-0.39, 0.29) is 17.7 Å². The minimum Gasteiger partial charge on any atom is -0.378 e. The van der Waals surface area contributed by atoms with Crippen LogP contribution in [0.3, 0.4) is 0 Å². The van der Waals surface area contributed by atoms with Gasteiger partial charge < -0.3 is 14.6 Å². The molecule has 23 heavy (non-hydrogen) atoms. The molecule has 0 bridgehead atoms. The topological polar surface area (TPSA) is 43.3 Å². The number of nitrogens with one attached hydrogen (secondary N) is 1. The van der Waals surface area contributed by atoms with Gasteiger partial charge in [0.2, 0.25) is 0 Å². The number of rotatable bonds is 5. The SMILES string of the molecule is Cc1cc(NC(C)c2ccccc2)cc(=O)n1CC1CCCO1. The summed E-state index contributed by atoms with van der Waals surface area (Å²) < 4.78 is 7.46. The Morgan fingerprint density at radius 1 is 1.30 bits per heavy atom. The summed E-state index contributed by atoms with van der Waals surface area (Å²) in [4.78, 5) is 12.4. The van der Waals surface area contributed by atoms with Crippen LogP contribution in [-0.4, -0.2) is 17.3 Å². The average molecular weight is 312 g/mol. The Kier molecular flexibility index (Phi) is 4.82. The van der Waals surface area contributed by atoms with Gasteiger partial charge in [0.05, 0.1) is 12.6 Å². The van der Waals surface area contributed by atoms with E-state index in [1.165, 1.54) is 5.56 Å². The highest BCUT2D eigenvalue weighted by Crippen LogP contribution is 2.19. The molecule has 2 unspecified atom stereocenters. The van der Waals surface area contributed by atoms with E-state index in [1.54, 1.807) is 6.07 Å². The average Bonchev–Trinajstić information content (AvgIpc) is 3.05. The van der Waals surface area contributed by atoms with Crippen molar-refractivity contribution in [3.63, 3.8) is 0 Å². The fourth-order valence-corrected chi connectivity index (χ4v) is 3.11. The highest BCUT2D eigenvalue weighted by Gasteiger charge is 2.17. The number of ether oxygens (including phenoxy) is 1. The van der Waals surface area contributed by atoms with E-state index in [9.17, 15) is 4.79 Å². The summed E-state index contributed by atoms with van der Waals surface area (Å²) in [5, 5.41) is 3.42. The lowest BCUT2D eigenvalue weighted by molar-refractivity contribution is 0.0956. The Morgan fingerprint density at radius 3 is 2.74 bits per heavy atom. The molecule has 1 N–H and O–H groups in total. The summed E-state index contributed by atoms with van der Waals surface area (Å²) in [6, 6.07) is 14.1. The molecule has 3 rings (SSSR count). The van der Waals surface area contributed by atoms with Gasteiger partial charge in [-0.1, -0.05) is 30.3 Å². The first-order valence-electron chi connectivity index (χ1n) is 8.28. The van der Waals surface area contributed by atoms with Gasteiger partial charge in [-0.2, -0.15) is 0 Å². The van der Waals surface area contributed by atoms with Gasteiger partial charge in [-0.05, 0) is 38.3 Å².